The highest BCUT2D eigenvalue weighted by Crippen LogP contribution is 2.25. The zero-order chi connectivity index (χ0) is 24.5. The smallest absolute Gasteiger partial charge is 0.407 e. The minimum atomic E-state index is -1.26. The van der Waals surface area contributed by atoms with Crippen molar-refractivity contribution in [3.8, 4) is 0 Å². The highest BCUT2D eigenvalue weighted by atomic mass is 16.6. The number of nitrogens with two attached hydrogens (primary N) is 1. The van der Waals surface area contributed by atoms with Gasteiger partial charge in [-0.2, -0.15) is 0 Å². The molecule has 5 N–H and O–H groups in total. The number of alkyl carbamates (subject to hydrolysis) is 1. The van der Waals surface area contributed by atoms with Gasteiger partial charge in [0.2, 0.25) is 0 Å². The summed E-state index contributed by atoms with van der Waals surface area (Å²) in [4.78, 5) is 30.3. The lowest BCUT2D eigenvalue weighted by Gasteiger charge is -2.09. The van der Waals surface area contributed by atoms with Gasteiger partial charge in [-0.05, 0) is 48.2 Å². The van der Waals surface area contributed by atoms with Crippen molar-refractivity contribution in [2.24, 2.45) is 5.73 Å². The van der Waals surface area contributed by atoms with Crippen LogP contribution in [0.5, 0.6) is 0 Å². The molecule has 2 heterocycles. The van der Waals surface area contributed by atoms with Gasteiger partial charge in [-0.15, -0.1) is 0 Å². The monoisotopic (exact) mass is 465 g/mol. The summed E-state index contributed by atoms with van der Waals surface area (Å²) in [5.41, 5.74) is 10.8. The maximum atomic E-state index is 11.2. The number of carboxylic acid groups (broad SMARTS) is 2. The van der Waals surface area contributed by atoms with Crippen molar-refractivity contribution in [2.75, 3.05) is 13.2 Å². The van der Waals surface area contributed by atoms with Crippen molar-refractivity contribution in [2.45, 2.75) is 25.4 Å². The third-order valence-electron chi connectivity index (χ3n) is 5.23. The standard InChI is InChI=1S/C21H23N3O2.C4H4O4/c22-9-8-17-13-24(12-15-4-2-1-3-5-15)20-7-6-16(11-19(17)20)10-18-14-26-21(25)23-18;5-3(6)1-2-4(7)8/h1-7,11,13,18H,8-10,12,14,22H2,(H,23,25);1-2H,(H,5,6)(H,7,8). The number of cyclic esters (lactones) is 1. The van der Waals surface area contributed by atoms with Crippen LogP contribution in [0, 0.1) is 0 Å². The number of benzene rings is 2. The quantitative estimate of drug-likeness (QED) is 0.374. The molecule has 9 nitrogen and oxygen atoms in total. The zero-order valence-corrected chi connectivity index (χ0v) is 18.5. The number of carboxylic acids is 2. The Morgan fingerprint density at radius 3 is 2.38 bits per heavy atom. The average molecular weight is 466 g/mol. The SMILES string of the molecule is NCCc1cn(Cc2ccccc2)c2ccc(CC3COC(=O)N3)cc12.O=C(O)C=CC(=O)O. The largest absolute Gasteiger partial charge is 0.478 e. The van der Waals surface area contributed by atoms with Crippen molar-refractivity contribution >= 4 is 28.9 Å². The van der Waals surface area contributed by atoms with Crippen LogP contribution in [0.1, 0.15) is 16.7 Å². The minimum absolute atomic E-state index is 0.0457. The number of rotatable bonds is 8. The Bertz CT molecular complexity index is 1170. The van der Waals surface area contributed by atoms with Gasteiger partial charge in [0.1, 0.15) is 6.61 Å². The summed E-state index contributed by atoms with van der Waals surface area (Å²) in [6, 6.07) is 17.0. The molecule has 3 aromatic rings. The van der Waals surface area contributed by atoms with Crippen LogP contribution >= 0.6 is 0 Å². The Labute approximate surface area is 196 Å². The third-order valence-corrected chi connectivity index (χ3v) is 5.23. The number of hydrogen-bond donors (Lipinski definition) is 4. The van der Waals surface area contributed by atoms with E-state index in [1.54, 1.807) is 0 Å². The number of carbonyl (C=O) groups is 3. The van der Waals surface area contributed by atoms with Crippen LogP contribution in [-0.2, 0) is 33.7 Å². The summed E-state index contributed by atoms with van der Waals surface area (Å²) in [6.45, 7) is 1.90. The average Bonchev–Trinajstić information content (AvgIpc) is 3.36. The molecule has 4 rings (SSSR count). The molecule has 1 atom stereocenters. The highest BCUT2D eigenvalue weighted by molar-refractivity contribution is 5.89. The van der Waals surface area contributed by atoms with Crippen LogP contribution in [0.2, 0.25) is 0 Å². The molecule has 1 fully saturated rings. The number of hydrogen-bond acceptors (Lipinski definition) is 5. The second-order valence-corrected chi connectivity index (χ2v) is 7.81. The summed E-state index contributed by atoms with van der Waals surface area (Å²) in [6.07, 6.45) is 4.63. The third kappa shape index (κ3) is 6.94. The van der Waals surface area contributed by atoms with E-state index >= 15 is 0 Å². The summed E-state index contributed by atoms with van der Waals surface area (Å²) in [5, 5.41) is 19.7. The molecule has 34 heavy (non-hydrogen) atoms. The molecule has 1 aromatic heterocycles. The van der Waals surface area contributed by atoms with E-state index in [4.69, 9.17) is 20.7 Å². The Hall–Kier alpha value is -4.11. The van der Waals surface area contributed by atoms with Crippen molar-refractivity contribution in [3.63, 3.8) is 0 Å². The Morgan fingerprint density at radius 2 is 1.79 bits per heavy atom. The van der Waals surface area contributed by atoms with E-state index in [-0.39, 0.29) is 12.1 Å². The first-order valence-electron chi connectivity index (χ1n) is 10.8. The number of fused-ring (bicyclic) bond motifs is 1. The molecule has 0 bridgehead atoms. The molecule has 9 heteroatoms. The van der Waals surface area contributed by atoms with Gasteiger partial charge in [0, 0.05) is 35.8 Å². The molecule has 0 radical (unpaired) electrons. The zero-order valence-electron chi connectivity index (χ0n) is 18.5. The minimum Gasteiger partial charge on any atom is -0.478 e. The summed E-state index contributed by atoms with van der Waals surface area (Å²) in [5.74, 6) is -2.51. The van der Waals surface area contributed by atoms with E-state index < -0.39 is 11.9 Å². The Kier molecular flexibility index (Phi) is 8.42. The van der Waals surface area contributed by atoms with E-state index in [1.807, 2.05) is 6.07 Å². The van der Waals surface area contributed by atoms with Gasteiger partial charge in [0.25, 0.3) is 0 Å². The second-order valence-electron chi connectivity index (χ2n) is 7.81. The maximum absolute atomic E-state index is 11.2. The van der Waals surface area contributed by atoms with Crippen molar-refractivity contribution in [1.29, 1.82) is 0 Å². The molecular formula is C25H27N3O6. The lowest BCUT2D eigenvalue weighted by Crippen LogP contribution is -2.28. The number of amides is 1. The normalized spacial score (nSPS) is 15.0. The molecule has 1 amide bonds. The fraction of sp³-hybridized carbons (Fsp3) is 0.240. The van der Waals surface area contributed by atoms with Crippen LogP contribution in [0.3, 0.4) is 0 Å². The summed E-state index contributed by atoms with van der Waals surface area (Å²) in [7, 11) is 0. The highest BCUT2D eigenvalue weighted by Gasteiger charge is 2.22. The molecule has 0 aliphatic carbocycles. The predicted molar refractivity (Wildman–Crippen MR) is 127 cm³/mol. The number of nitrogens with one attached hydrogen (secondary N) is 1. The van der Waals surface area contributed by atoms with E-state index in [9.17, 15) is 14.4 Å². The van der Waals surface area contributed by atoms with Gasteiger partial charge in [-0.1, -0.05) is 36.4 Å². The molecule has 178 valence electrons. The lowest BCUT2D eigenvalue weighted by atomic mass is 10.0. The van der Waals surface area contributed by atoms with Gasteiger partial charge < -0.3 is 30.6 Å². The lowest BCUT2D eigenvalue weighted by molar-refractivity contribution is -0.134. The molecule has 1 saturated heterocycles. The summed E-state index contributed by atoms with van der Waals surface area (Å²) < 4.78 is 7.28. The van der Waals surface area contributed by atoms with Crippen LogP contribution in [-0.4, -0.2) is 52.0 Å². The Balaban J connectivity index is 0.000000350. The number of nitrogens with zero attached hydrogens (tertiary/aromatic N) is 1. The van der Waals surface area contributed by atoms with Crippen molar-refractivity contribution in [3.05, 3.63) is 83.6 Å². The predicted octanol–water partition coefficient (Wildman–Crippen LogP) is 2.55. The van der Waals surface area contributed by atoms with Gasteiger partial charge in [0.15, 0.2) is 0 Å². The summed E-state index contributed by atoms with van der Waals surface area (Å²) >= 11 is 0. The van der Waals surface area contributed by atoms with Gasteiger partial charge in [0.05, 0.1) is 6.04 Å². The van der Waals surface area contributed by atoms with Gasteiger partial charge in [-0.25, -0.2) is 14.4 Å². The first kappa shape index (κ1) is 24.5. The first-order chi connectivity index (χ1) is 16.4. The van der Waals surface area contributed by atoms with E-state index in [1.165, 1.54) is 27.6 Å². The second kappa shape index (κ2) is 11.7. The van der Waals surface area contributed by atoms with E-state index in [2.05, 4.69) is 58.5 Å². The molecular weight excluding hydrogens is 438 g/mol. The van der Waals surface area contributed by atoms with Crippen LogP contribution in [0.25, 0.3) is 10.9 Å². The van der Waals surface area contributed by atoms with Crippen molar-refractivity contribution in [1.82, 2.24) is 9.88 Å². The Morgan fingerprint density at radius 1 is 1.09 bits per heavy atom. The van der Waals surface area contributed by atoms with Gasteiger partial charge in [-0.3, -0.25) is 0 Å². The van der Waals surface area contributed by atoms with Crippen molar-refractivity contribution < 1.29 is 29.3 Å². The molecule has 1 aliphatic rings. The number of carbonyl (C=O) groups excluding carboxylic acids is 1. The molecule has 0 saturated carbocycles. The molecule has 1 unspecified atom stereocenters. The first-order valence-corrected chi connectivity index (χ1v) is 10.8. The fourth-order valence-corrected chi connectivity index (χ4v) is 3.77. The van der Waals surface area contributed by atoms with E-state index in [0.29, 0.717) is 25.3 Å². The molecule has 2 aromatic carbocycles. The number of ether oxygens (including phenoxy) is 1. The number of aliphatic carboxylic acids is 2. The molecule has 0 spiro atoms. The van der Waals surface area contributed by atoms with Crippen LogP contribution in [0.15, 0.2) is 66.9 Å². The van der Waals surface area contributed by atoms with E-state index in [0.717, 1.165) is 19.4 Å². The number of aromatic nitrogens is 1. The van der Waals surface area contributed by atoms with Crippen LogP contribution in [0.4, 0.5) is 4.79 Å². The molecule has 1 aliphatic heterocycles. The topological polar surface area (TPSA) is 144 Å². The maximum Gasteiger partial charge on any atom is 0.407 e. The van der Waals surface area contributed by atoms with Gasteiger partial charge >= 0.3 is 18.0 Å². The van der Waals surface area contributed by atoms with Crippen LogP contribution < -0.4 is 11.1 Å². The fourth-order valence-electron chi connectivity index (χ4n) is 3.77.